The Morgan fingerprint density at radius 3 is 3.05 bits per heavy atom. The smallest absolute Gasteiger partial charge is 0.122 e. The van der Waals surface area contributed by atoms with Crippen LogP contribution in [0.5, 0.6) is 0 Å². The molecule has 0 unspecified atom stereocenters. The van der Waals surface area contributed by atoms with E-state index in [2.05, 4.69) is 57.9 Å². The van der Waals surface area contributed by atoms with Crippen molar-refractivity contribution >= 4 is 16.3 Å². The van der Waals surface area contributed by atoms with E-state index in [1.807, 2.05) is 24.3 Å². The van der Waals surface area contributed by atoms with Crippen LogP contribution >= 0.6 is 0 Å². The molecule has 0 bridgehead atoms. The summed E-state index contributed by atoms with van der Waals surface area (Å²) in [6.45, 7) is 0.893. The lowest BCUT2D eigenvalue weighted by atomic mass is 9.99. The number of nitrogens with zero attached hydrogens (tertiary/aromatic N) is 3. The Kier molecular flexibility index (Phi) is 2.49. The van der Waals surface area contributed by atoms with E-state index in [4.69, 9.17) is 0 Å². The monoisotopic (exact) mass is 258 g/mol. The largest absolute Gasteiger partial charge is 0.344 e. The highest BCUT2D eigenvalue weighted by atomic mass is 15.1. The zero-order valence-electron chi connectivity index (χ0n) is 10.8. The minimum atomic E-state index is 0.893. The molecule has 2 aromatic rings. The van der Waals surface area contributed by atoms with Gasteiger partial charge in [0.05, 0.1) is 5.70 Å². The molecular weight excluding hydrogens is 246 g/mol. The third-order valence-corrected chi connectivity index (χ3v) is 3.56. The van der Waals surface area contributed by atoms with Crippen LogP contribution < -0.4 is 0 Å². The molecule has 1 radical (unpaired) electrons. The first-order valence-electron chi connectivity index (χ1n) is 6.59. The van der Waals surface area contributed by atoms with Crippen molar-refractivity contribution in [3.8, 4) is 0 Å². The molecule has 4 rings (SSSR count). The molecular formula is C17H12N3. The van der Waals surface area contributed by atoms with E-state index in [0.29, 0.717) is 0 Å². The maximum atomic E-state index is 4.32. The minimum Gasteiger partial charge on any atom is -0.344 e. The predicted octanol–water partition coefficient (Wildman–Crippen LogP) is 3.10. The molecule has 3 heterocycles. The second-order valence-corrected chi connectivity index (χ2v) is 4.76. The molecule has 0 saturated carbocycles. The Morgan fingerprint density at radius 2 is 2.05 bits per heavy atom. The zero-order valence-corrected chi connectivity index (χ0v) is 10.8. The number of hydrogen-bond donors (Lipinski definition) is 0. The van der Waals surface area contributed by atoms with E-state index in [1.54, 1.807) is 0 Å². The van der Waals surface area contributed by atoms with E-state index in [9.17, 15) is 0 Å². The molecule has 0 saturated heterocycles. The predicted molar refractivity (Wildman–Crippen MR) is 79.4 cm³/mol. The van der Waals surface area contributed by atoms with Crippen molar-refractivity contribution in [1.82, 2.24) is 15.1 Å². The van der Waals surface area contributed by atoms with Crippen LogP contribution in [0.15, 0.2) is 66.5 Å². The highest BCUT2D eigenvalue weighted by molar-refractivity contribution is 5.94. The van der Waals surface area contributed by atoms with Crippen LogP contribution in [0, 0.1) is 6.20 Å². The summed E-state index contributed by atoms with van der Waals surface area (Å²) in [4.78, 5) is 2.21. The number of fused-ring (bicyclic) bond motifs is 2. The molecule has 3 heteroatoms. The van der Waals surface area contributed by atoms with Gasteiger partial charge in [-0.2, -0.15) is 0 Å². The third-order valence-electron chi connectivity index (χ3n) is 3.56. The van der Waals surface area contributed by atoms with Crippen molar-refractivity contribution in [2.45, 2.75) is 0 Å². The van der Waals surface area contributed by atoms with Crippen LogP contribution in [0.2, 0.25) is 0 Å². The van der Waals surface area contributed by atoms with Crippen LogP contribution in [0.3, 0.4) is 0 Å². The van der Waals surface area contributed by atoms with Crippen molar-refractivity contribution in [2.75, 3.05) is 6.54 Å². The topological polar surface area (TPSA) is 29.0 Å². The highest BCUT2D eigenvalue weighted by Gasteiger charge is 2.18. The maximum Gasteiger partial charge on any atom is 0.122 e. The second kappa shape index (κ2) is 4.46. The fraction of sp³-hybridized carbons (Fsp3) is 0.0588. The maximum absolute atomic E-state index is 4.32. The van der Waals surface area contributed by atoms with Crippen molar-refractivity contribution in [1.29, 1.82) is 0 Å². The quantitative estimate of drug-likeness (QED) is 0.787. The molecule has 20 heavy (non-hydrogen) atoms. The molecule has 1 aromatic heterocycles. The SMILES string of the molecule is [c]1nnc(C2=C3C=CC=CN3CC=C2)c2ccccc12. The molecule has 0 N–H and O–H groups in total. The lowest BCUT2D eigenvalue weighted by molar-refractivity contribution is 0.526. The fourth-order valence-corrected chi connectivity index (χ4v) is 2.62. The first-order chi connectivity index (χ1) is 9.93. The Balaban J connectivity index is 1.99. The Hall–Kier alpha value is -2.68. The second-order valence-electron chi connectivity index (χ2n) is 4.76. The van der Waals surface area contributed by atoms with Gasteiger partial charge in [0.1, 0.15) is 11.9 Å². The summed E-state index contributed by atoms with van der Waals surface area (Å²) in [6, 6.07) is 8.10. The Morgan fingerprint density at radius 1 is 1.10 bits per heavy atom. The third kappa shape index (κ3) is 1.67. The Labute approximate surface area is 117 Å². The van der Waals surface area contributed by atoms with Crippen LogP contribution in [0.1, 0.15) is 5.69 Å². The molecule has 0 amide bonds. The molecule has 2 aliphatic heterocycles. The first-order valence-corrected chi connectivity index (χ1v) is 6.59. The first kappa shape index (κ1) is 11.2. The average molecular weight is 258 g/mol. The zero-order chi connectivity index (χ0) is 13.4. The van der Waals surface area contributed by atoms with Crippen molar-refractivity contribution < 1.29 is 0 Å². The molecule has 95 valence electrons. The lowest BCUT2D eigenvalue weighted by Gasteiger charge is -2.27. The number of allylic oxidation sites excluding steroid dienone is 5. The van der Waals surface area contributed by atoms with Crippen molar-refractivity contribution in [3.63, 3.8) is 0 Å². The number of benzene rings is 1. The number of hydrogen-bond acceptors (Lipinski definition) is 3. The van der Waals surface area contributed by atoms with Crippen molar-refractivity contribution in [2.24, 2.45) is 0 Å². The fourth-order valence-electron chi connectivity index (χ4n) is 2.62. The van der Waals surface area contributed by atoms with Gasteiger partial charge in [0.2, 0.25) is 0 Å². The van der Waals surface area contributed by atoms with Gasteiger partial charge >= 0.3 is 0 Å². The van der Waals surface area contributed by atoms with Gasteiger partial charge in [-0.3, -0.25) is 0 Å². The standard InChI is InChI=1S/C17H12N3/c1-2-7-14-13(6-1)12-18-19-17(14)15-8-5-11-20-10-4-3-9-16(15)20/h1-10H,11H2. The van der Waals surface area contributed by atoms with Crippen LogP contribution in [0.4, 0.5) is 0 Å². The molecule has 3 nitrogen and oxygen atoms in total. The van der Waals surface area contributed by atoms with Crippen LogP contribution in [-0.2, 0) is 0 Å². The Bertz CT molecular complexity index is 791. The average Bonchev–Trinajstić information content (AvgIpc) is 2.54. The van der Waals surface area contributed by atoms with Gasteiger partial charge in [-0.1, -0.05) is 42.5 Å². The van der Waals surface area contributed by atoms with Gasteiger partial charge in [-0.25, -0.2) is 0 Å². The summed E-state index contributed by atoms with van der Waals surface area (Å²) in [5.74, 6) is 0. The number of aromatic nitrogens is 2. The van der Waals surface area contributed by atoms with Gasteiger partial charge in [-0.05, 0) is 12.2 Å². The van der Waals surface area contributed by atoms with Gasteiger partial charge < -0.3 is 4.90 Å². The van der Waals surface area contributed by atoms with Crippen molar-refractivity contribution in [3.05, 3.63) is 78.4 Å². The van der Waals surface area contributed by atoms with Crippen LogP contribution in [0.25, 0.3) is 16.3 Å². The van der Waals surface area contributed by atoms with E-state index in [-0.39, 0.29) is 0 Å². The summed E-state index contributed by atoms with van der Waals surface area (Å²) >= 11 is 0. The number of rotatable bonds is 1. The highest BCUT2D eigenvalue weighted by Crippen LogP contribution is 2.31. The normalized spacial score (nSPS) is 16.9. The molecule has 2 aliphatic rings. The molecule has 0 aliphatic carbocycles. The van der Waals surface area contributed by atoms with Crippen LogP contribution in [-0.4, -0.2) is 21.6 Å². The summed E-state index contributed by atoms with van der Waals surface area (Å²) in [6.07, 6.45) is 15.5. The molecule has 0 fully saturated rings. The molecule has 0 atom stereocenters. The summed E-state index contributed by atoms with van der Waals surface area (Å²) in [5.41, 5.74) is 3.19. The van der Waals surface area contributed by atoms with E-state index in [1.165, 1.54) is 5.70 Å². The van der Waals surface area contributed by atoms with E-state index in [0.717, 1.165) is 28.6 Å². The van der Waals surface area contributed by atoms with E-state index < -0.39 is 0 Å². The summed E-state index contributed by atoms with van der Waals surface area (Å²) < 4.78 is 0. The van der Waals surface area contributed by atoms with Gasteiger partial charge in [0, 0.05) is 29.1 Å². The van der Waals surface area contributed by atoms with Gasteiger partial charge in [0.25, 0.3) is 0 Å². The molecule has 1 aromatic carbocycles. The molecule has 0 spiro atoms. The lowest BCUT2D eigenvalue weighted by Crippen LogP contribution is -2.21. The van der Waals surface area contributed by atoms with Gasteiger partial charge in [0.15, 0.2) is 0 Å². The summed E-state index contributed by atoms with van der Waals surface area (Å²) in [5, 5.41) is 10.4. The summed E-state index contributed by atoms with van der Waals surface area (Å²) in [7, 11) is 0. The minimum absolute atomic E-state index is 0.893. The van der Waals surface area contributed by atoms with Gasteiger partial charge in [-0.15, -0.1) is 10.2 Å². The van der Waals surface area contributed by atoms with E-state index >= 15 is 0 Å².